The van der Waals surface area contributed by atoms with Crippen molar-refractivity contribution in [1.82, 2.24) is 0 Å². The standard InChI is InChI=1S/C21H44/c1-9-21(10-2,16-15-19(7)8)20(13-11-17(3)4)14-12-18(5)6/h17-20H,9-16H2,1-8H3. The molecule has 0 aliphatic rings. The topological polar surface area (TPSA) is 0 Å². The fraction of sp³-hybridized carbons (Fsp3) is 1.00. The largest absolute Gasteiger partial charge is 0.0648 e. The Kier molecular flexibility index (Phi) is 10.7. The molecule has 0 aromatic heterocycles. The summed E-state index contributed by atoms with van der Waals surface area (Å²) < 4.78 is 0. The van der Waals surface area contributed by atoms with Gasteiger partial charge in [-0.05, 0) is 48.3 Å². The van der Waals surface area contributed by atoms with Crippen molar-refractivity contribution in [3.8, 4) is 0 Å². The molecule has 0 heteroatoms. The van der Waals surface area contributed by atoms with Gasteiger partial charge < -0.3 is 0 Å². The molecule has 0 aromatic rings. The van der Waals surface area contributed by atoms with E-state index in [1.54, 1.807) is 0 Å². The van der Waals surface area contributed by atoms with E-state index >= 15 is 0 Å². The fourth-order valence-electron chi connectivity index (χ4n) is 3.79. The van der Waals surface area contributed by atoms with Gasteiger partial charge in [-0.3, -0.25) is 0 Å². The lowest BCUT2D eigenvalue weighted by molar-refractivity contribution is 0.0927. The van der Waals surface area contributed by atoms with E-state index in [9.17, 15) is 0 Å². The molecule has 0 spiro atoms. The molecular formula is C21H44. The van der Waals surface area contributed by atoms with Gasteiger partial charge in [0.25, 0.3) is 0 Å². The molecule has 0 N–H and O–H groups in total. The van der Waals surface area contributed by atoms with Crippen molar-refractivity contribution in [2.45, 2.75) is 107 Å². The molecule has 0 fully saturated rings. The van der Waals surface area contributed by atoms with Crippen molar-refractivity contribution in [2.24, 2.45) is 29.1 Å². The van der Waals surface area contributed by atoms with Crippen LogP contribution in [0.25, 0.3) is 0 Å². The van der Waals surface area contributed by atoms with Crippen LogP contribution in [0.3, 0.4) is 0 Å². The minimum atomic E-state index is 0.605. The molecule has 0 saturated heterocycles. The summed E-state index contributed by atoms with van der Waals surface area (Å²) in [5, 5.41) is 0. The molecule has 0 bridgehead atoms. The lowest BCUT2D eigenvalue weighted by Crippen LogP contribution is -2.31. The van der Waals surface area contributed by atoms with Crippen molar-refractivity contribution in [1.29, 1.82) is 0 Å². The van der Waals surface area contributed by atoms with E-state index in [4.69, 9.17) is 0 Å². The molecule has 0 atom stereocenters. The van der Waals surface area contributed by atoms with Gasteiger partial charge in [0.1, 0.15) is 0 Å². The molecule has 0 nitrogen and oxygen atoms in total. The Balaban J connectivity index is 4.95. The minimum absolute atomic E-state index is 0.605. The Morgan fingerprint density at radius 3 is 1.24 bits per heavy atom. The third kappa shape index (κ3) is 8.27. The van der Waals surface area contributed by atoms with Crippen molar-refractivity contribution >= 4 is 0 Å². The molecule has 21 heavy (non-hydrogen) atoms. The van der Waals surface area contributed by atoms with Gasteiger partial charge in [0.15, 0.2) is 0 Å². The summed E-state index contributed by atoms with van der Waals surface area (Å²) in [7, 11) is 0. The number of hydrogen-bond acceptors (Lipinski definition) is 0. The monoisotopic (exact) mass is 296 g/mol. The zero-order chi connectivity index (χ0) is 16.5. The average Bonchev–Trinajstić information content (AvgIpc) is 2.41. The maximum atomic E-state index is 2.45. The van der Waals surface area contributed by atoms with Crippen LogP contribution < -0.4 is 0 Å². The van der Waals surface area contributed by atoms with Crippen molar-refractivity contribution in [3.05, 3.63) is 0 Å². The first-order chi connectivity index (χ1) is 9.77. The maximum absolute atomic E-state index is 2.45. The summed E-state index contributed by atoms with van der Waals surface area (Å²) in [6.45, 7) is 19.2. The second-order valence-electron chi connectivity index (χ2n) is 8.64. The van der Waals surface area contributed by atoms with Gasteiger partial charge in [0.05, 0.1) is 0 Å². The molecule has 0 amide bonds. The van der Waals surface area contributed by atoms with Crippen molar-refractivity contribution in [2.75, 3.05) is 0 Å². The zero-order valence-corrected chi connectivity index (χ0v) is 16.5. The van der Waals surface area contributed by atoms with Gasteiger partial charge in [0, 0.05) is 0 Å². The summed E-state index contributed by atoms with van der Waals surface area (Å²) in [6, 6.07) is 0. The van der Waals surface area contributed by atoms with Gasteiger partial charge in [-0.25, -0.2) is 0 Å². The van der Waals surface area contributed by atoms with Crippen molar-refractivity contribution in [3.63, 3.8) is 0 Å². The first kappa shape index (κ1) is 21.0. The SMILES string of the molecule is CCC(CC)(CCC(C)C)C(CCC(C)C)CCC(C)C. The van der Waals surface area contributed by atoms with Gasteiger partial charge >= 0.3 is 0 Å². The molecule has 0 radical (unpaired) electrons. The molecular weight excluding hydrogens is 252 g/mol. The maximum Gasteiger partial charge on any atom is -0.0274 e. The molecule has 0 rings (SSSR count). The Morgan fingerprint density at radius 2 is 0.952 bits per heavy atom. The minimum Gasteiger partial charge on any atom is -0.0648 e. The van der Waals surface area contributed by atoms with Crippen LogP contribution in [-0.4, -0.2) is 0 Å². The predicted octanol–water partition coefficient (Wildman–Crippen LogP) is 7.72. The highest BCUT2D eigenvalue weighted by molar-refractivity contribution is 4.85. The Morgan fingerprint density at radius 1 is 0.571 bits per heavy atom. The average molecular weight is 297 g/mol. The molecule has 0 aromatic carbocycles. The first-order valence-corrected chi connectivity index (χ1v) is 9.77. The predicted molar refractivity (Wildman–Crippen MR) is 98.7 cm³/mol. The first-order valence-electron chi connectivity index (χ1n) is 9.77. The quantitative estimate of drug-likeness (QED) is 0.346. The Labute approximate surface area is 136 Å². The van der Waals surface area contributed by atoms with Gasteiger partial charge in [-0.2, -0.15) is 0 Å². The molecule has 0 saturated carbocycles. The summed E-state index contributed by atoms with van der Waals surface area (Å²) >= 11 is 0. The second-order valence-corrected chi connectivity index (χ2v) is 8.64. The lowest BCUT2D eigenvalue weighted by atomic mass is 9.64. The smallest absolute Gasteiger partial charge is 0.0274 e. The molecule has 0 aliphatic carbocycles. The van der Waals surface area contributed by atoms with Gasteiger partial charge in [0.2, 0.25) is 0 Å². The highest BCUT2D eigenvalue weighted by Gasteiger charge is 2.34. The van der Waals surface area contributed by atoms with E-state index in [1.807, 2.05) is 0 Å². The van der Waals surface area contributed by atoms with Crippen LogP contribution in [0.5, 0.6) is 0 Å². The molecule has 128 valence electrons. The van der Waals surface area contributed by atoms with E-state index in [0.29, 0.717) is 5.41 Å². The van der Waals surface area contributed by atoms with E-state index in [-0.39, 0.29) is 0 Å². The third-order valence-electron chi connectivity index (χ3n) is 5.68. The summed E-state index contributed by atoms with van der Waals surface area (Å²) in [6.07, 6.45) is 11.3. The van der Waals surface area contributed by atoms with Crippen LogP contribution in [0.15, 0.2) is 0 Å². The van der Waals surface area contributed by atoms with Gasteiger partial charge in [-0.15, -0.1) is 0 Å². The summed E-state index contributed by atoms with van der Waals surface area (Å²) in [5.41, 5.74) is 0.605. The zero-order valence-electron chi connectivity index (χ0n) is 16.5. The van der Waals surface area contributed by atoms with Gasteiger partial charge in [-0.1, -0.05) is 87.5 Å². The summed E-state index contributed by atoms with van der Waals surface area (Å²) in [4.78, 5) is 0. The molecule has 0 aliphatic heterocycles. The lowest BCUT2D eigenvalue weighted by Gasteiger charge is -2.41. The van der Waals surface area contributed by atoms with E-state index in [0.717, 1.165) is 23.7 Å². The highest BCUT2D eigenvalue weighted by atomic mass is 14.4. The Bertz CT molecular complexity index is 220. The fourth-order valence-corrected chi connectivity index (χ4v) is 3.79. The molecule has 0 heterocycles. The second kappa shape index (κ2) is 10.7. The van der Waals surface area contributed by atoms with E-state index < -0.39 is 0 Å². The molecule has 0 unspecified atom stereocenters. The van der Waals surface area contributed by atoms with Crippen LogP contribution >= 0.6 is 0 Å². The number of rotatable bonds is 12. The van der Waals surface area contributed by atoms with Crippen LogP contribution in [0.4, 0.5) is 0 Å². The third-order valence-corrected chi connectivity index (χ3v) is 5.68. The van der Waals surface area contributed by atoms with Crippen LogP contribution in [0.1, 0.15) is 107 Å². The number of hydrogen-bond donors (Lipinski definition) is 0. The van der Waals surface area contributed by atoms with E-state index in [1.165, 1.54) is 51.4 Å². The highest BCUT2D eigenvalue weighted by Crippen LogP contribution is 2.46. The van der Waals surface area contributed by atoms with E-state index in [2.05, 4.69) is 55.4 Å². The van der Waals surface area contributed by atoms with Crippen LogP contribution in [0.2, 0.25) is 0 Å². The van der Waals surface area contributed by atoms with Crippen LogP contribution in [0, 0.1) is 29.1 Å². The Hall–Kier alpha value is 0. The summed E-state index contributed by atoms with van der Waals surface area (Å²) in [5.74, 6) is 3.49. The normalized spacial score (nSPS) is 13.1. The van der Waals surface area contributed by atoms with Crippen LogP contribution in [-0.2, 0) is 0 Å². The van der Waals surface area contributed by atoms with Crippen molar-refractivity contribution < 1.29 is 0 Å².